The smallest absolute Gasteiger partial charge is 0.241 e. The van der Waals surface area contributed by atoms with Crippen LogP contribution >= 0.6 is 0 Å². The first-order chi connectivity index (χ1) is 9.96. The molecule has 0 atom stereocenters. The number of benzene rings is 1. The van der Waals surface area contributed by atoms with Gasteiger partial charge in [0.15, 0.2) is 17.4 Å². The first kappa shape index (κ1) is 15.3. The average Bonchev–Trinajstić information content (AvgIpc) is 2.90. The summed E-state index contributed by atoms with van der Waals surface area (Å²) in [7, 11) is -0.746. The predicted octanol–water partition coefficient (Wildman–Crippen LogP) is 1.48. The van der Waals surface area contributed by atoms with E-state index < -0.39 is 10.0 Å². The molecule has 0 aliphatic carbocycles. The standard InChI is InChI=1S/C13H16N2O5S/c1-9-15-10(8-20-9)7-14-21(16,17)11-4-5-12(18-2)13(6-11)19-3/h4-6,8,14H,7H2,1-3H3. The van der Waals surface area contributed by atoms with Crippen LogP contribution < -0.4 is 14.2 Å². The third-order valence-electron chi connectivity index (χ3n) is 2.78. The molecule has 0 bridgehead atoms. The Labute approximate surface area is 122 Å². The number of ether oxygens (including phenoxy) is 2. The second-order valence-electron chi connectivity index (χ2n) is 4.20. The van der Waals surface area contributed by atoms with Crippen LogP contribution in [0.3, 0.4) is 0 Å². The van der Waals surface area contributed by atoms with Gasteiger partial charge in [0.1, 0.15) is 6.26 Å². The minimum atomic E-state index is -3.67. The Balaban J connectivity index is 2.19. The molecule has 2 aromatic rings. The third-order valence-corrected chi connectivity index (χ3v) is 4.17. The minimum absolute atomic E-state index is 0.0496. The predicted molar refractivity (Wildman–Crippen MR) is 74.8 cm³/mol. The highest BCUT2D eigenvalue weighted by molar-refractivity contribution is 7.89. The molecule has 8 heteroatoms. The molecule has 0 unspecified atom stereocenters. The number of aromatic nitrogens is 1. The molecule has 0 saturated carbocycles. The van der Waals surface area contributed by atoms with Crippen molar-refractivity contribution in [2.45, 2.75) is 18.4 Å². The van der Waals surface area contributed by atoms with Gasteiger partial charge in [0.05, 0.1) is 31.4 Å². The van der Waals surface area contributed by atoms with Crippen molar-refractivity contribution in [3.05, 3.63) is 36.0 Å². The Kier molecular flexibility index (Phi) is 4.49. The minimum Gasteiger partial charge on any atom is -0.493 e. The topological polar surface area (TPSA) is 90.7 Å². The maximum atomic E-state index is 12.2. The maximum absolute atomic E-state index is 12.2. The molecular formula is C13H16N2O5S. The summed E-state index contributed by atoms with van der Waals surface area (Å²) >= 11 is 0. The van der Waals surface area contributed by atoms with Crippen LogP contribution in [0.1, 0.15) is 11.6 Å². The quantitative estimate of drug-likeness (QED) is 0.869. The first-order valence-electron chi connectivity index (χ1n) is 6.09. The Morgan fingerprint density at radius 1 is 1.24 bits per heavy atom. The molecule has 21 heavy (non-hydrogen) atoms. The molecule has 0 aliphatic heterocycles. The fourth-order valence-corrected chi connectivity index (χ4v) is 2.74. The summed E-state index contributed by atoms with van der Waals surface area (Å²) in [6.45, 7) is 1.74. The molecule has 1 aromatic carbocycles. The monoisotopic (exact) mass is 312 g/mol. The van der Waals surface area contributed by atoms with Crippen molar-refractivity contribution in [1.29, 1.82) is 0 Å². The Bertz CT molecular complexity index is 724. The average molecular weight is 312 g/mol. The van der Waals surface area contributed by atoms with Gasteiger partial charge in [0.2, 0.25) is 10.0 Å². The summed E-state index contributed by atoms with van der Waals surface area (Å²) in [5, 5.41) is 0. The van der Waals surface area contributed by atoms with E-state index in [9.17, 15) is 8.42 Å². The van der Waals surface area contributed by atoms with Gasteiger partial charge in [0, 0.05) is 13.0 Å². The van der Waals surface area contributed by atoms with Crippen LogP contribution in [0.4, 0.5) is 0 Å². The highest BCUT2D eigenvalue weighted by atomic mass is 32.2. The lowest BCUT2D eigenvalue weighted by Crippen LogP contribution is -2.23. The second-order valence-corrected chi connectivity index (χ2v) is 5.97. The molecule has 0 saturated heterocycles. The van der Waals surface area contributed by atoms with Crippen molar-refractivity contribution < 1.29 is 22.3 Å². The largest absolute Gasteiger partial charge is 0.493 e. The highest BCUT2D eigenvalue weighted by Gasteiger charge is 2.17. The van der Waals surface area contributed by atoms with E-state index >= 15 is 0 Å². The van der Waals surface area contributed by atoms with Crippen LogP contribution in [-0.4, -0.2) is 27.6 Å². The lowest BCUT2D eigenvalue weighted by atomic mass is 10.3. The van der Waals surface area contributed by atoms with Gasteiger partial charge in [0.25, 0.3) is 0 Å². The number of sulfonamides is 1. The van der Waals surface area contributed by atoms with E-state index in [4.69, 9.17) is 13.9 Å². The summed E-state index contributed by atoms with van der Waals surface area (Å²) in [6, 6.07) is 4.38. The SMILES string of the molecule is COc1ccc(S(=O)(=O)NCc2coc(C)n2)cc1OC. The van der Waals surface area contributed by atoms with Crippen LogP contribution in [0.2, 0.25) is 0 Å². The molecule has 114 valence electrons. The molecule has 7 nitrogen and oxygen atoms in total. The Morgan fingerprint density at radius 2 is 1.95 bits per heavy atom. The molecule has 1 N–H and O–H groups in total. The number of hydrogen-bond donors (Lipinski definition) is 1. The lowest BCUT2D eigenvalue weighted by molar-refractivity contribution is 0.354. The third kappa shape index (κ3) is 3.53. The summed E-state index contributed by atoms with van der Waals surface area (Å²) in [5.74, 6) is 1.29. The first-order valence-corrected chi connectivity index (χ1v) is 7.57. The summed E-state index contributed by atoms with van der Waals surface area (Å²) < 4.78 is 42.1. The fourth-order valence-electron chi connectivity index (χ4n) is 1.73. The fraction of sp³-hybridized carbons (Fsp3) is 0.308. The number of aryl methyl sites for hydroxylation is 1. The maximum Gasteiger partial charge on any atom is 0.241 e. The molecule has 2 rings (SSSR count). The van der Waals surface area contributed by atoms with Crippen molar-refractivity contribution in [3.8, 4) is 11.5 Å². The van der Waals surface area contributed by atoms with Gasteiger partial charge in [-0.05, 0) is 12.1 Å². The zero-order chi connectivity index (χ0) is 15.5. The van der Waals surface area contributed by atoms with Crippen LogP contribution in [0.25, 0.3) is 0 Å². The summed E-state index contributed by atoms with van der Waals surface area (Å²) in [5.41, 5.74) is 0.511. The lowest BCUT2D eigenvalue weighted by Gasteiger charge is -2.10. The molecule has 0 spiro atoms. The summed E-state index contributed by atoms with van der Waals surface area (Å²) in [6.07, 6.45) is 1.41. The van der Waals surface area contributed by atoms with E-state index in [-0.39, 0.29) is 11.4 Å². The van der Waals surface area contributed by atoms with E-state index in [1.807, 2.05) is 0 Å². The number of rotatable bonds is 6. The second kappa shape index (κ2) is 6.15. The summed E-state index contributed by atoms with van der Waals surface area (Å²) in [4.78, 5) is 4.11. The van der Waals surface area contributed by atoms with Gasteiger partial charge in [-0.3, -0.25) is 0 Å². The zero-order valence-corrected chi connectivity index (χ0v) is 12.7. The van der Waals surface area contributed by atoms with Crippen LogP contribution in [0.15, 0.2) is 33.8 Å². The number of nitrogens with zero attached hydrogens (tertiary/aromatic N) is 1. The molecule has 0 aliphatic rings. The van der Waals surface area contributed by atoms with Crippen molar-refractivity contribution >= 4 is 10.0 Å². The van der Waals surface area contributed by atoms with E-state index in [1.54, 1.807) is 6.92 Å². The zero-order valence-electron chi connectivity index (χ0n) is 11.9. The van der Waals surface area contributed by atoms with Gasteiger partial charge >= 0.3 is 0 Å². The van der Waals surface area contributed by atoms with Crippen LogP contribution in [0.5, 0.6) is 11.5 Å². The normalized spacial score (nSPS) is 11.4. The van der Waals surface area contributed by atoms with Gasteiger partial charge in [-0.15, -0.1) is 0 Å². The van der Waals surface area contributed by atoms with Crippen LogP contribution in [0, 0.1) is 6.92 Å². The molecule has 0 fully saturated rings. The van der Waals surface area contributed by atoms with E-state index in [2.05, 4.69) is 9.71 Å². The van der Waals surface area contributed by atoms with Gasteiger partial charge in [-0.25, -0.2) is 18.1 Å². The molecular weight excluding hydrogens is 296 g/mol. The van der Waals surface area contributed by atoms with Crippen molar-refractivity contribution in [2.24, 2.45) is 0 Å². The molecule has 1 heterocycles. The number of hydrogen-bond acceptors (Lipinski definition) is 6. The Hall–Kier alpha value is -2.06. The van der Waals surface area contributed by atoms with Gasteiger partial charge in [-0.2, -0.15) is 0 Å². The Morgan fingerprint density at radius 3 is 2.52 bits per heavy atom. The number of nitrogens with one attached hydrogen (secondary N) is 1. The molecule has 1 aromatic heterocycles. The van der Waals surface area contributed by atoms with Crippen molar-refractivity contribution in [2.75, 3.05) is 14.2 Å². The highest BCUT2D eigenvalue weighted by Crippen LogP contribution is 2.29. The van der Waals surface area contributed by atoms with Crippen molar-refractivity contribution in [1.82, 2.24) is 9.71 Å². The van der Waals surface area contributed by atoms with E-state index in [0.29, 0.717) is 23.1 Å². The molecule has 0 radical (unpaired) electrons. The molecule has 0 amide bonds. The van der Waals surface area contributed by atoms with E-state index in [1.165, 1.54) is 38.7 Å². The van der Waals surface area contributed by atoms with E-state index in [0.717, 1.165) is 0 Å². The van der Waals surface area contributed by atoms with Gasteiger partial charge < -0.3 is 13.9 Å². The van der Waals surface area contributed by atoms with Crippen molar-refractivity contribution in [3.63, 3.8) is 0 Å². The van der Waals surface area contributed by atoms with Crippen LogP contribution in [-0.2, 0) is 16.6 Å². The number of oxazole rings is 1. The number of methoxy groups -OCH3 is 2. The van der Waals surface area contributed by atoms with Gasteiger partial charge in [-0.1, -0.05) is 0 Å².